The highest BCUT2D eigenvalue weighted by molar-refractivity contribution is 7.10. The van der Waals surface area contributed by atoms with Gasteiger partial charge >= 0.3 is 0 Å². The van der Waals surface area contributed by atoms with Crippen molar-refractivity contribution in [3.05, 3.63) is 64.7 Å². The lowest BCUT2D eigenvalue weighted by molar-refractivity contribution is -0.123. The van der Waals surface area contributed by atoms with Gasteiger partial charge in [-0.05, 0) is 48.6 Å². The van der Waals surface area contributed by atoms with Crippen molar-refractivity contribution in [2.75, 3.05) is 19.1 Å². The van der Waals surface area contributed by atoms with E-state index in [9.17, 15) is 9.59 Å². The molecule has 1 atom stereocenters. The van der Waals surface area contributed by atoms with Crippen molar-refractivity contribution < 1.29 is 23.5 Å². The van der Waals surface area contributed by atoms with E-state index in [2.05, 4.69) is 5.32 Å². The van der Waals surface area contributed by atoms with Gasteiger partial charge in [-0.25, -0.2) is 0 Å². The van der Waals surface area contributed by atoms with Gasteiger partial charge in [-0.3, -0.25) is 14.5 Å². The highest BCUT2D eigenvalue weighted by Crippen LogP contribution is 2.37. The zero-order valence-corrected chi connectivity index (χ0v) is 18.9. The number of furan rings is 1. The van der Waals surface area contributed by atoms with E-state index < -0.39 is 11.9 Å². The molecule has 2 amide bonds. The van der Waals surface area contributed by atoms with E-state index in [-0.39, 0.29) is 17.7 Å². The van der Waals surface area contributed by atoms with Crippen molar-refractivity contribution >= 4 is 28.8 Å². The van der Waals surface area contributed by atoms with E-state index in [0.717, 1.165) is 30.6 Å². The van der Waals surface area contributed by atoms with E-state index in [4.69, 9.17) is 13.9 Å². The van der Waals surface area contributed by atoms with Crippen LogP contribution in [0, 0.1) is 0 Å². The predicted molar refractivity (Wildman–Crippen MR) is 123 cm³/mol. The average Bonchev–Trinajstić information content (AvgIpc) is 3.60. The minimum absolute atomic E-state index is 0.121. The third kappa shape index (κ3) is 4.50. The summed E-state index contributed by atoms with van der Waals surface area (Å²) in [6.45, 7) is 0. The van der Waals surface area contributed by atoms with Gasteiger partial charge in [0.1, 0.15) is 0 Å². The average molecular weight is 455 g/mol. The Morgan fingerprint density at radius 2 is 1.88 bits per heavy atom. The molecular weight excluding hydrogens is 428 g/mol. The molecule has 1 saturated carbocycles. The fourth-order valence-corrected chi connectivity index (χ4v) is 4.86. The minimum Gasteiger partial charge on any atom is -0.493 e. The Balaban J connectivity index is 1.80. The summed E-state index contributed by atoms with van der Waals surface area (Å²) in [6, 6.07) is 11.4. The van der Waals surface area contributed by atoms with Gasteiger partial charge in [-0.1, -0.05) is 18.9 Å². The predicted octanol–water partition coefficient (Wildman–Crippen LogP) is 4.81. The molecule has 1 N–H and O–H groups in total. The maximum Gasteiger partial charge on any atom is 0.295 e. The van der Waals surface area contributed by atoms with Crippen molar-refractivity contribution in [2.24, 2.45) is 0 Å². The van der Waals surface area contributed by atoms with Gasteiger partial charge in [-0.15, -0.1) is 11.3 Å². The molecule has 0 spiro atoms. The number of thiophene rings is 1. The first kappa shape index (κ1) is 22.0. The molecule has 0 unspecified atom stereocenters. The lowest BCUT2D eigenvalue weighted by Crippen LogP contribution is -2.46. The molecule has 8 heteroatoms. The summed E-state index contributed by atoms with van der Waals surface area (Å²) in [6.07, 6.45) is 5.54. The molecule has 2 heterocycles. The maximum atomic E-state index is 13.6. The van der Waals surface area contributed by atoms with E-state index >= 15 is 0 Å². The lowest BCUT2D eigenvalue weighted by atomic mass is 10.1. The van der Waals surface area contributed by atoms with Crippen molar-refractivity contribution in [3.8, 4) is 11.5 Å². The van der Waals surface area contributed by atoms with Crippen LogP contribution in [0.1, 0.15) is 47.2 Å². The first-order valence-corrected chi connectivity index (χ1v) is 11.4. The third-order valence-corrected chi connectivity index (χ3v) is 6.54. The minimum atomic E-state index is -0.855. The molecule has 0 bridgehead atoms. The van der Waals surface area contributed by atoms with Crippen molar-refractivity contribution in [1.82, 2.24) is 5.32 Å². The number of anilines is 1. The second kappa shape index (κ2) is 9.91. The number of rotatable bonds is 8. The number of nitrogens with zero attached hydrogens (tertiary/aromatic N) is 1. The molecule has 32 heavy (non-hydrogen) atoms. The van der Waals surface area contributed by atoms with Crippen LogP contribution in [0.15, 0.2) is 58.5 Å². The van der Waals surface area contributed by atoms with Crippen LogP contribution in [0.5, 0.6) is 11.5 Å². The summed E-state index contributed by atoms with van der Waals surface area (Å²) in [5.41, 5.74) is 0.504. The number of ether oxygens (including phenoxy) is 2. The Kier molecular flexibility index (Phi) is 6.80. The topological polar surface area (TPSA) is 81.0 Å². The summed E-state index contributed by atoms with van der Waals surface area (Å²) < 4.78 is 16.2. The highest BCUT2D eigenvalue weighted by atomic mass is 32.1. The van der Waals surface area contributed by atoms with Gasteiger partial charge in [0.15, 0.2) is 23.3 Å². The van der Waals surface area contributed by atoms with Gasteiger partial charge in [0.2, 0.25) is 5.91 Å². The van der Waals surface area contributed by atoms with Crippen LogP contribution < -0.4 is 19.7 Å². The van der Waals surface area contributed by atoms with E-state index in [1.165, 1.54) is 29.6 Å². The number of methoxy groups -OCH3 is 2. The third-order valence-electron chi connectivity index (χ3n) is 5.62. The van der Waals surface area contributed by atoms with Crippen LogP contribution in [-0.4, -0.2) is 32.1 Å². The Bertz CT molecular complexity index is 1040. The Labute approximate surface area is 190 Å². The molecule has 7 nitrogen and oxygen atoms in total. The molecule has 4 rings (SSSR count). The summed E-state index contributed by atoms with van der Waals surface area (Å²) in [5.74, 6) is 0.513. The smallest absolute Gasteiger partial charge is 0.295 e. The van der Waals surface area contributed by atoms with E-state index in [1.807, 2.05) is 17.5 Å². The van der Waals surface area contributed by atoms with E-state index in [1.54, 1.807) is 37.4 Å². The molecule has 1 aromatic carbocycles. The van der Waals surface area contributed by atoms with Crippen molar-refractivity contribution in [1.29, 1.82) is 0 Å². The molecule has 0 radical (unpaired) electrons. The van der Waals surface area contributed by atoms with E-state index in [0.29, 0.717) is 17.2 Å². The summed E-state index contributed by atoms with van der Waals surface area (Å²) >= 11 is 1.43. The van der Waals surface area contributed by atoms with Crippen molar-refractivity contribution in [2.45, 2.75) is 37.8 Å². The van der Waals surface area contributed by atoms with Gasteiger partial charge in [0.05, 0.1) is 20.5 Å². The standard InChI is InChI=1S/C24H26N2O5S/c1-29-18-12-11-17(15-20(18)30-2)26(24(28)19-9-5-13-31-19)22(21-10-6-14-32-21)23(27)25-16-7-3-4-8-16/h5-6,9-16,22H,3-4,7-8H2,1-2H3,(H,25,27)/t22-/m0/s1. The number of benzene rings is 1. The number of hydrogen-bond donors (Lipinski definition) is 1. The summed E-state index contributed by atoms with van der Waals surface area (Å²) in [5, 5.41) is 5.05. The molecule has 0 saturated heterocycles. The molecule has 1 aliphatic carbocycles. The highest BCUT2D eigenvalue weighted by Gasteiger charge is 2.36. The van der Waals surface area contributed by atoms with Crippen LogP contribution in [0.25, 0.3) is 0 Å². The van der Waals surface area contributed by atoms with Crippen LogP contribution in [-0.2, 0) is 4.79 Å². The number of carbonyl (C=O) groups is 2. The molecule has 1 fully saturated rings. The number of carbonyl (C=O) groups excluding carboxylic acids is 2. The fraction of sp³-hybridized carbons (Fsp3) is 0.333. The lowest BCUT2D eigenvalue weighted by Gasteiger charge is -2.31. The fourth-order valence-electron chi connectivity index (χ4n) is 4.05. The molecular formula is C24H26N2O5S. The molecule has 3 aromatic rings. The zero-order chi connectivity index (χ0) is 22.5. The summed E-state index contributed by atoms with van der Waals surface area (Å²) in [4.78, 5) is 29.4. The van der Waals surface area contributed by atoms with Crippen molar-refractivity contribution in [3.63, 3.8) is 0 Å². The largest absolute Gasteiger partial charge is 0.493 e. The first-order chi connectivity index (χ1) is 15.6. The van der Waals surface area contributed by atoms with Crippen LogP contribution >= 0.6 is 11.3 Å². The maximum absolute atomic E-state index is 13.6. The van der Waals surface area contributed by atoms with Gasteiger partial charge in [0.25, 0.3) is 5.91 Å². The summed E-state index contributed by atoms with van der Waals surface area (Å²) in [7, 11) is 3.08. The molecule has 0 aliphatic heterocycles. The van der Waals surface area contributed by atoms with Crippen LogP contribution in [0.2, 0.25) is 0 Å². The SMILES string of the molecule is COc1ccc(N(C(=O)c2ccco2)[C@H](C(=O)NC2CCCC2)c2cccs2)cc1OC. The Morgan fingerprint density at radius 3 is 2.50 bits per heavy atom. The molecule has 168 valence electrons. The van der Waals surface area contributed by atoms with Gasteiger partial charge in [0, 0.05) is 22.7 Å². The van der Waals surface area contributed by atoms with Crippen LogP contribution in [0.3, 0.4) is 0 Å². The molecule has 1 aliphatic rings. The second-order valence-electron chi connectivity index (χ2n) is 7.60. The van der Waals surface area contributed by atoms with Gasteiger partial charge in [-0.2, -0.15) is 0 Å². The monoisotopic (exact) mass is 454 g/mol. The normalized spacial score (nSPS) is 14.7. The quantitative estimate of drug-likeness (QED) is 0.529. The second-order valence-corrected chi connectivity index (χ2v) is 8.58. The number of nitrogens with one attached hydrogen (secondary N) is 1. The van der Waals surface area contributed by atoms with Crippen LogP contribution in [0.4, 0.5) is 5.69 Å². The Hall–Kier alpha value is -3.26. The van der Waals surface area contributed by atoms with Gasteiger partial charge < -0.3 is 19.2 Å². The molecule has 2 aromatic heterocycles. The zero-order valence-electron chi connectivity index (χ0n) is 18.1. The number of amides is 2. The Morgan fingerprint density at radius 1 is 1.09 bits per heavy atom. The first-order valence-electron chi connectivity index (χ1n) is 10.5. The number of hydrogen-bond acceptors (Lipinski definition) is 6.